The number of nitriles is 1. The van der Waals surface area contributed by atoms with Gasteiger partial charge in [0.2, 0.25) is 0 Å². The van der Waals surface area contributed by atoms with Gasteiger partial charge in [-0.3, -0.25) is 4.79 Å². The van der Waals surface area contributed by atoms with Gasteiger partial charge in [0.1, 0.15) is 12.3 Å². The van der Waals surface area contributed by atoms with Crippen molar-refractivity contribution < 1.29 is 13.9 Å². The first-order chi connectivity index (χ1) is 12.1. The topological polar surface area (TPSA) is 50.1 Å². The SMILES string of the molecule is CCCCCCCC1CCC(C(=O)OC2CCC(C#N)C(F)C2)CC1. The Morgan fingerprint density at radius 1 is 1.08 bits per heavy atom. The van der Waals surface area contributed by atoms with Gasteiger partial charge in [-0.2, -0.15) is 5.26 Å². The Balaban J connectivity index is 1.62. The lowest BCUT2D eigenvalue weighted by Gasteiger charge is -2.31. The minimum absolute atomic E-state index is 0.00286. The highest BCUT2D eigenvalue weighted by Gasteiger charge is 2.34. The van der Waals surface area contributed by atoms with Crippen LogP contribution in [0.1, 0.15) is 90.4 Å². The molecule has 0 radical (unpaired) electrons. The number of alkyl halides is 1. The largest absolute Gasteiger partial charge is 0.462 e. The van der Waals surface area contributed by atoms with Gasteiger partial charge in [0.05, 0.1) is 17.9 Å². The smallest absolute Gasteiger partial charge is 0.309 e. The molecule has 2 rings (SSSR count). The van der Waals surface area contributed by atoms with Crippen LogP contribution in [0.3, 0.4) is 0 Å². The predicted octanol–water partition coefficient (Wildman–Crippen LogP) is 5.73. The van der Waals surface area contributed by atoms with Crippen LogP contribution < -0.4 is 0 Å². The minimum Gasteiger partial charge on any atom is -0.462 e. The maximum atomic E-state index is 13.8. The average Bonchev–Trinajstić information content (AvgIpc) is 2.62. The van der Waals surface area contributed by atoms with Crippen LogP contribution in [0.5, 0.6) is 0 Å². The summed E-state index contributed by atoms with van der Waals surface area (Å²) < 4.78 is 19.4. The van der Waals surface area contributed by atoms with E-state index in [1.165, 1.54) is 38.5 Å². The summed E-state index contributed by atoms with van der Waals surface area (Å²) >= 11 is 0. The van der Waals surface area contributed by atoms with E-state index >= 15 is 0 Å². The number of hydrogen-bond acceptors (Lipinski definition) is 3. The zero-order valence-corrected chi connectivity index (χ0v) is 15.7. The molecule has 0 aromatic rings. The summed E-state index contributed by atoms with van der Waals surface area (Å²) in [5.41, 5.74) is 0. The van der Waals surface area contributed by atoms with E-state index in [1.807, 2.05) is 6.07 Å². The number of halogens is 1. The number of unbranched alkanes of at least 4 members (excludes halogenated alkanes) is 4. The van der Waals surface area contributed by atoms with Crippen molar-refractivity contribution >= 4 is 5.97 Å². The summed E-state index contributed by atoms with van der Waals surface area (Å²) in [5.74, 6) is 0.117. The van der Waals surface area contributed by atoms with Gasteiger partial charge in [-0.25, -0.2) is 4.39 Å². The van der Waals surface area contributed by atoms with Gasteiger partial charge < -0.3 is 4.74 Å². The van der Waals surface area contributed by atoms with Crippen LogP contribution in [0, 0.1) is 29.1 Å². The van der Waals surface area contributed by atoms with Crippen LogP contribution >= 0.6 is 0 Å². The highest BCUT2D eigenvalue weighted by Crippen LogP contribution is 2.34. The fourth-order valence-electron chi connectivity index (χ4n) is 4.32. The molecule has 2 saturated carbocycles. The first kappa shape index (κ1) is 20.2. The molecule has 0 aromatic heterocycles. The molecular formula is C21H34FNO2. The molecule has 3 unspecified atom stereocenters. The van der Waals surface area contributed by atoms with E-state index in [0.717, 1.165) is 31.6 Å². The maximum absolute atomic E-state index is 13.8. The van der Waals surface area contributed by atoms with Crippen molar-refractivity contribution in [1.29, 1.82) is 5.26 Å². The van der Waals surface area contributed by atoms with Gasteiger partial charge in [-0.05, 0) is 44.4 Å². The number of esters is 1. The van der Waals surface area contributed by atoms with Gasteiger partial charge in [0, 0.05) is 6.42 Å². The minimum atomic E-state index is -1.15. The number of nitrogens with zero attached hydrogens (tertiary/aromatic N) is 1. The van der Waals surface area contributed by atoms with Gasteiger partial charge in [-0.1, -0.05) is 45.4 Å². The molecule has 0 aliphatic heterocycles. The van der Waals surface area contributed by atoms with Gasteiger partial charge >= 0.3 is 5.97 Å². The van der Waals surface area contributed by atoms with Crippen molar-refractivity contribution in [3.05, 3.63) is 0 Å². The van der Waals surface area contributed by atoms with Crippen molar-refractivity contribution in [2.24, 2.45) is 17.8 Å². The van der Waals surface area contributed by atoms with Crippen LogP contribution in [0.25, 0.3) is 0 Å². The molecule has 4 heteroatoms. The molecule has 142 valence electrons. The third kappa shape index (κ3) is 6.60. The first-order valence-corrected chi connectivity index (χ1v) is 10.4. The highest BCUT2D eigenvalue weighted by atomic mass is 19.1. The third-order valence-corrected chi connectivity index (χ3v) is 6.07. The number of carbonyl (C=O) groups excluding carboxylic acids is 1. The molecule has 0 N–H and O–H groups in total. The Labute approximate surface area is 152 Å². The summed E-state index contributed by atoms with van der Waals surface area (Å²) in [4.78, 5) is 12.4. The maximum Gasteiger partial charge on any atom is 0.309 e. The quantitative estimate of drug-likeness (QED) is 0.414. The second-order valence-corrected chi connectivity index (χ2v) is 8.04. The van der Waals surface area contributed by atoms with Crippen LogP contribution in [-0.4, -0.2) is 18.2 Å². The molecule has 0 saturated heterocycles. The fraction of sp³-hybridized carbons (Fsp3) is 0.905. The molecule has 2 aliphatic carbocycles. The molecule has 2 fully saturated rings. The molecule has 0 heterocycles. The Hall–Kier alpha value is -1.11. The van der Waals surface area contributed by atoms with Crippen LogP contribution in [0.2, 0.25) is 0 Å². The number of carbonyl (C=O) groups is 1. The molecule has 3 atom stereocenters. The molecule has 25 heavy (non-hydrogen) atoms. The Morgan fingerprint density at radius 3 is 2.44 bits per heavy atom. The molecule has 0 bridgehead atoms. The molecular weight excluding hydrogens is 317 g/mol. The monoisotopic (exact) mass is 351 g/mol. The van der Waals surface area contributed by atoms with Crippen LogP contribution in [-0.2, 0) is 9.53 Å². The highest BCUT2D eigenvalue weighted by molar-refractivity contribution is 5.72. The van der Waals surface area contributed by atoms with Crippen molar-refractivity contribution in [1.82, 2.24) is 0 Å². The van der Waals surface area contributed by atoms with Crippen LogP contribution in [0.4, 0.5) is 4.39 Å². The number of ether oxygens (including phenoxy) is 1. The van der Waals surface area contributed by atoms with Crippen molar-refractivity contribution in [2.45, 2.75) is 103 Å². The lowest BCUT2D eigenvalue weighted by atomic mass is 9.79. The van der Waals surface area contributed by atoms with E-state index in [1.54, 1.807) is 0 Å². The predicted molar refractivity (Wildman–Crippen MR) is 96.6 cm³/mol. The summed E-state index contributed by atoms with van der Waals surface area (Å²) in [6, 6.07) is 2.01. The van der Waals surface area contributed by atoms with Crippen molar-refractivity contribution in [3.8, 4) is 6.07 Å². The molecule has 0 spiro atoms. The molecule has 0 amide bonds. The van der Waals surface area contributed by atoms with E-state index in [9.17, 15) is 9.18 Å². The lowest BCUT2D eigenvalue weighted by Crippen LogP contribution is -2.34. The third-order valence-electron chi connectivity index (χ3n) is 6.07. The first-order valence-electron chi connectivity index (χ1n) is 10.4. The number of hydrogen-bond donors (Lipinski definition) is 0. The van der Waals surface area contributed by atoms with E-state index in [4.69, 9.17) is 10.00 Å². The summed E-state index contributed by atoms with van der Waals surface area (Å²) in [5, 5.41) is 8.86. The zero-order valence-electron chi connectivity index (χ0n) is 15.7. The van der Waals surface area contributed by atoms with Gasteiger partial charge in [0.25, 0.3) is 0 Å². The summed E-state index contributed by atoms with van der Waals surface area (Å²) in [6.07, 6.45) is 11.9. The van der Waals surface area contributed by atoms with E-state index in [-0.39, 0.29) is 24.4 Å². The second kappa shape index (κ2) is 10.8. The zero-order chi connectivity index (χ0) is 18.1. The van der Waals surface area contributed by atoms with E-state index in [0.29, 0.717) is 12.8 Å². The van der Waals surface area contributed by atoms with E-state index in [2.05, 4.69) is 6.92 Å². The van der Waals surface area contributed by atoms with Gasteiger partial charge in [-0.15, -0.1) is 0 Å². The molecule has 3 nitrogen and oxygen atoms in total. The standard InChI is InChI=1S/C21H34FNO2/c1-2-3-4-5-6-7-16-8-10-17(11-9-16)21(24)25-19-13-12-18(15-23)20(22)14-19/h16-20H,2-14H2,1H3. The average molecular weight is 352 g/mol. The summed E-state index contributed by atoms with van der Waals surface area (Å²) in [6.45, 7) is 2.24. The van der Waals surface area contributed by atoms with Gasteiger partial charge in [0.15, 0.2) is 0 Å². The molecule has 0 aromatic carbocycles. The number of rotatable bonds is 8. The van der Waals surface area contributed by atoms with Crippen molar-refractivity contribution in [3.63, 3.8) is 0 Å². The summed E-state index contributed by atoms with van der Waals surface area (Å²) in [7, 11) is 0. The fourth-order valence-corrected chi connectivity index (χ4v) is 4.32. The Kier molecular flexibility index (Phi) is 8.72. The Bertz CT molecular complexity index is 440. The van der Waals surface area contributed by atoms with Crippen LogP contribution in [0.15, 0.2) is 0 Å². The normalized spacial score (nSPS) is 32.8. The molecule has 2 aliphatic rings. The Morgan fingerprint density at radius 2 is 1.80 bits per heavy atom. The van der Waals surface area contributed by atoms with Crippen molar-refractivity contribution in [2.75, 3.05) is 0 Å². The van der Waals surface area contributed by atoms with E-state index < -0.39 is 12.1 Å². The lowest BCUT2D eigenvalue weighted by molar-refractivity contribution is -0.158. The second-order valence-electron chi connectivity index (χ2n) is 8.04.